The molecule has 4 nitrogen and oxygen atoms in total. The predicted molar refractivity (Wildman–Crippen MR) is 479 cm³/mol. The highest BCUT2D eigenvalue weighted by molar-refractivity contribution is 6.21. The molecule has 17 aromatic carbocycles. The number of nitrogens with zero attached hydrogens (tertiary/aromatic N) is 1. The third kappa shape index (κ3) is 7.77. The molecule has 0 atom stereocenters. The maximum absolute atomic E-state index is 7.14. The highest BCUT2D eigenvalue weighted by atomic mass is 16.3. The van der Waals surface area contributed by atoms with Crippen LogP contribution in [0.15, 0.2) is 347 Å². The van der Waals surface area contributed by atoms with Crippen LogP contribution >= 0.6 is 0 Å². The van der Waals surface area contributed by atoms with Gasteiger partial charge >= 0.3 is 0 Å². The topological polar surface area (TPSA) is 42.7 Å². The summed E-state index contributed by atoms with van der Waals surface area (Å²) in [5.74, 6) is 0. The maximum Gasteiger partial charge on any atom is 0.143 e. The van der Waals surface area contributed by atoms with Crippen LogP contribution in [0.2, 0.25) is 0 Å². The van der Waals surface area contributed by atoms with Gasteiger partial charge in [0, 0.05) is 71.2 Å². The molecule has 0 amide bonds. The Balaban J connectivity index is 0.700. The molecule has 548 valence electrons. The van der Waals surface area contributed by atoms with Crippen LogP contribution in [0.5, 0.6) is 0 Å². The Hall–Kier alpha value is -14.1. The van der Waals surface area contributed by atoms with Crippen LogP contribution in [0.4, 0.5) is 17.1 Å². The van der Waals surface area contributed by atoms with Gasteiger partial charge in [-0.25, -0.2) is 0 Å². The Morgan fingerprint density at radius 3 is 1.13 bits per heavy atom. The van der Waals surface area contributed by atoms with Gasteiger partial charge in [-0.1, -0.05) is 278 Å². The summed E-state index contributed by atoms with van der Waals surface area (Å²) in [5, 5.41) is 6.94. The summed E-state index contributed by atoms with van der Waals surface area (Å²) in [6, 6.07) is 127. The van der Waals surface area contributed by atoms with Gasteiger partial charge in [0.1, 0.15) is 33.5 Å². The number of hydrogen-bond acceptors (Lipinski definition) is 4. The SMILES string of the molecule is CC1(C)c2cc(N(c3ccc4c(c3)C(C)(C)c3cc(-c5ccc(-c6ccccc6)cc5)c5oc6ccccc6c5c3-4)c3ccc4c(c3)C3(c5ccccc5-c5ccccc53)c3cc5c(cc3-4)C3(c4ccccc4-c4ccccc43)c3ccc4oc6ccccc6c4c3-5)ccc2-c2cc3c(cc21)-c1c(ccc2oc4ccccc4c12)C3(C)C. The minimum Gasteiger partial charge on any atom is -0.456 e. The zero-order valence-electron chi connectivity index (χ0n) is 65.4. The van der Waals surface area contributed by atoms with E-state index in [1.54, 1.807) is 0 Å². The molecule has 3 aromatic heterocycles. The Morgan fingerprint density at radius 2 is 0.538 bits per heavy atom. The number of benzene rings is 17. The first kappa shape index (κ1) is 64.3. The van der Waals surface area contributed by atoms with E-state index in [1.807, 2.05) is 0 Å². The molecule has 0 N–H and O–H groups in total. The predicted octanol–water partition coefficient (Wildman–Crippen LogP) is 29.8. The van der Waals surface area contributed by atoms with Crippen LogP contribution in [0.3, 0.4) is 0 Å². The van der Waals surface area contributed by atoms with Crippen molar-refractivity contribution in [3.05, 3.63) is 412 Å². The Labute approximate surface area is 676 Å². The fourth-order valence-corrected chi connectivity index (χ4v) is 23.9. The van der Waals surface area contributed by atoms with Crippen molar-refractivity contribution in [1.82, 2.24) is 0 Å². The molecule has 0 saturated carbocycles. The molecule has 0 saturated heterocycles. The van der Waals surface area contributed by atoms with Gasteiger partial charge in [0.2, 0.25) is 0 Å². The lowest BCUT2D eigenvalue weighted by Crippen LogP contribution is -2.27. The molecule has 0 aliphatic heterocycles. The number of fused-ring (bicyclic) bond motifs is 41. The van der Waals surface area contributed by atoms with E-state index in [0.717, 1.165) is 83.2 Å². The summed E-state index contributed by atoms with van der Waals surface area (Å²) >= 11 is 0. The quantitative estimate of drug-likeness (QED) is 0.172. The molecule has 0 fully saturated rings. The number of anilines is 3. The Morgan fingerprint density at radius 1 is 0.197 bits per heavy atom. The first-order valence-electron chi connectivity index (χ1n) is 41.3. The molecule has 7 aliphatic carbocycles. The van der Waals surface area contributed by atoms with E-state index in [-0.39, 0.29) is 5.41 Å². The summed E-state index contributed by atoms with van der Waals surface area (Å²) in [6.07, 6.45) is 0. The highest BCUT2D eigenvalue weighted by Crippen LogP contribution is 2.71. The molecular formula is C113H73NO3. The van der Waals surface area contributed by atoms with Crippen LogP contribution in [0, 0.1) is 0 Å². The number of hydrogen-bond donors (Lipinski definition) is 0. The Bertz CT molecular complexity index is 7890. The zero-order valence-corrected chi connectivity index (χ0v) is 65.4. The average Bonchev–Trinajstić information content (AvgIpc) is 1.48. The van der Waals surface area contributed by atoms with Crippen molar-refractivity contribution in [1.29, 1.82) is 0 Å². The van der Waals surface area contributed by atoms with Gasteiger partial charge in [-0.05, 0) is 270 Å². The second-order valence-electron chi connectivity index (χ2n) is 35.5. The summed E-state index contributed by atoms with van der Waals surface area (Å²) < 4.78 is 20.7. The standard InChI is InChI=1S/C113H73NO3/c1-109(2)87-50-52-100-105(75-30-14-21-37-97(75)115-100)103(87)81-60-91-79(58-92(81)109)72-47-44-65(54-89(72)110(91,3)4)114(66-46-49-74-90(55-66)111(5,6)96-57-78(64-42-40-63(41-43-64)62-24-8-7-9-25-62)108-107(102(74)96)77-32-16-23-39-99(77)117-108)67-45-48-73-80-59-95-82(61-94(80)113(93(73)56-67)85-35-19-12-28-70(85)71-29-13-20-36-86(71)113)104-88(51-53-101-106(104)76-31-15-22-38-98(76)116-101)112(95)83-33-17-10-26-68(83)69-27-11-18-34-84(69)112/h7-61H,1-6H3. The maximum atomic E-state index is 7.14. The van der Waals surface area contributed by atoms with Crippen LogP contribution in [-0.2, 0) is 27.1 Å². The lowest BCUT2D eigenvalue weighted by atomic mass is 9.68. The molecule has 3 heterocycles. The second kappa shape index (κ2) is 21.9. The van der Waals surface area contributed by atoms with E-state index in [1.165, 1.54) is 178 Å². The normalized spacial score (nSPS) is 15.6. The van der Waals surface area contributed by atoms with Crippen LogP contribution in [0.25, 0.3) is 166 Å². The average molecular weight is 1490 g/mol. The number of para-hydroxylation sites is 3. The van der Waals surface area contributed by atoms with E-state index in [9.17, 15) is 0 Å². The van der Waals surface area contributed by atoms with Crippen molar-refractivity contribution in [2.45, 2.75) is 68.6 Å². The van der Waals surface area contributed by atoms with Crippen LogP contribution in [0.1, 0.15) is 119 Å². The van der Waals surface area contributed by atoms with Crippen LogP contribution in [-0.4, -0.2) is 0 Å². The van der Waals surface area contributed by atoms with E-state index in [4.69, 9.17) is 13.3 Å². The molecular weight excluding hydrogens is 1420 g/mol. The molecule has 4 heteroatoms. The van der Waals surface area contributed by atoms with Crippen molar-refractivity contribution in [3.63, 3.8) is 0 Å². The number of rotatable bonds is 5. The fourth-order valence-electron chi connectivity index (χ4n) is 23.9. The Kier molecular flexibility index (Phi) is 12.0. The molecule has 0 radical (unpaired) electrons. The van der Waals surface area contributed by atoms with Crippen molar-refractivity contribution < 1.29 is 13.3 Å². The highest BCUT2D eigenvalue weighted by Gasteiger charge is 2.57. The summed E-state index contributed by atoms with van der Waals surface area (Å²) in [4.78, 5) is 2.61. The first-order valence-corrected chi connectivity index (χ1v) is 41.3. The lowest BCUT2D eigenvalue weighted by Gasteiger charge is -2.33. The lowest BCUT2D eigenvalue weighted by molar-refractivity contribution is 0.651. The van der Waals surface area contributed by atoms with Crippen molar-refractivity contribution >= 4 is 82.9 Å². The van der Waals surface area contributed by atoms with E-state index in [2.05, 4.69) is 380 Å². The van der Waals surface area contributed by atoms with Gasteiger partial charge in [0.15, 0.2) is 0 Å². The largest absolute Gasteiger partial charge is 0.456 e. The van der Waals surface area contributed by atoms with Gasteiger partial charge in [-0.15, -0.1) is 0 Å². The molecule has 0 bridgehead atoms. The minimum atomic E-state index is -0.745. The van der Waals surface area contributed by atoms with Crippen molar-refractivity contribution in [2.24, 2.45) is 0 Å². The van der Waals surface area contributed by atoms with Gasteiger partial charge in [-0.3, -0.25) is 0 Å². The molecule has 27 rings (SSSR count). The van der Waals surface area contributed by atoms with Crippen molar-refractivity contribution in [3.8, 4) is 100 Å². The summed E-state index contributed by atoms with van der Waals surface area (Å²) in [5.41, 5.74) is 46.9. The van der Waals surface area contributed by atoms with Crippen molar-refractivity contribution in [2.75, 3.05) is 4.90 Å². The van der Waals surface area contributed by atoms with E-state index in [0.29, 0.717) is 0 Å². The van der Waals surface area contributed by atoms with Gasteiger partial charge in [0.25, 0.3) is 0 Å². The molecule has 0 unspecified atom stereocenters. The third-order valence-electron chi connectivity index (χ3n) is 29.1. The first-order chi connectivity index (χ1) is 57.3. The van der Waals surface area contributed by atoms with Gasteiger partial charge in [0.05, 0.1) is 10.8 Å². The minimum absolute atomic E-state index is 0.255. The fraction of sp³-hybridized carbons (Fsp3) is 0.0973. The summed E-state index contributed by atoms with van der Waals surface area (Å²) in [6.45, 7) is 14.6. The number of furan rings is 3. The zero-order chi connectivity index (χ0) is 77.2. The van der Waals surface area contributed by atoms with Gasteiger partial charge < -0.3 is 18.2 Å². The molecule has 2 spiro atoms. The molecule has 7 aliphatic rings. The van der Waals surface area contributed by atoms with Gasteiger partial charge in [-0.2, -0.15) is 0 Å². The summed E-state index contributed by atoms with van der Waals surface area (Å²) in [7, 11) is 0. The second-order valence-corrected chi connectivity index (χ2v) is 35.5. The molecule has 117 heavy (non-hydrogen) atoms. The van der Waals surface area contributed by atoms with E-state index >= 15 is 0 Å². The smallest absolute Gasteiger partial charge is 0.143 e. The van der Waals surface area contributed by atoms with E-state index < -0.39 is 21.7 Å². The third-order valence-corrected chi connectivity index (χ3v) is 29.1. The van der Waals surface area contributed by atoms with Crippen LogP contribution < -0.4 is 4.90 Å². The monoisotopic (exact) mass is 1490 g/mol. The molecule has 20 aromatic rings.